The molecular weight excluding hydrogens is 285 g/mol. The number of nitrogens with two attached hydrogens (primary N) is 1. The Kier molecular flexibility index (Phi) is 3.98. The molecule has 0 unspecified atom stereocenters. The molecule has 0 aliphatic heterocycles. The van der Waals surface area contributed by atoms with E-state index in [9.17, 15) is 4.79 Å². The number of methoxy groups -OCH3 is 1. The van der Waals surface area contributed by atoms with Gasteiger partial charge >= 0.3 is 0 Å². The van der Waals surface area contributed by atoms with E-state index in [1.165, 1.54) is 19.2 Å². The molecule has 2 aromatic carbocycles. The van der Waals surface area contributed by atoms with Crippen LogP contribution in [0.3, 0.4) is 0 Å². The third-order valence-electron chi connectivity index (χ3n) is 2.69. The molecule has 0 atom stereocenters. The van der Waals surface area contributed by atoms with Crippen molar-refractivity contribution in [2.45, 2.75) is 0 Å². The number of carbonyl (C=O) groups is 1. The zero-order chi connectivity index (χ0) is 14.0. The minimum Gasteiger partial charge on any atom is -0.496 e. The second-order valence-electron chi connectivity index (χ2n) is 3.88. The number of rotatable bonds is 3. The number of hydrogen-bond acceptors (Lipinski definition) is 3. The lowest BCUT2D eigenvalue weighted by atomic mass is 10.0. The van der Waals surface area contributed by atoms with Gasteiger partial charge in [0.2, 0.25) is 0 Å². The number of anilines is 1. The van der Waals surface area contributed by atoms with Gasteiger partial charge in [0.05, 0.1) is 28.4 Å². The first-order chi connectivity index (χ1) is 9.04. The Hall–Kier alpha value is -1.71. The van der Waals surface area contributed by atoms with Crippen LogP contribution in [0.1, 0.15) is 15.9 Å². The summed E-state index contributed by atoms with van der Waals surface area (Å²) in [7, 11) is 1.51. The summed E-state index contributed by atoms with van der Waals surface area (Å²) in [5.74, 6) is 0.276. The van der Waals surface area contributed by atoms with Gasteiger partial charge in [-0.3, -0.25) is 4.79 Å². The maximum Gasteiger partial charge on any atom is 0.196 e. The Balaban J connectivity index is 2.50. The summed E-state index contributed by atoms with van der Waals surface area (Å²) in [6.45, 7) is 0. The molecule has 0 radical (unpaired) electrons. The molecule has 3 nitrogen and oxygen atoms in total. The van der Waals surface area contributed by atoms with E-state index in [2.05, 4.69) is 0 Å². The van der Waals surface area contributed by atoms with Crippen molar-refractivity contribution in [1.82, 2.24) is 0 Å². The van der Waals surface area contributed by atoms with Crippen molar-refractivity contribution < 1.29 is 9.53 Å². The highest BCUT2D eigenvalue weighted by Gasteiger charge is 2.16. The Morgan fingerprint density at radius 3 is 2.32 bits per heavy atom. The van der Waals surface area contributed by atoms with Gasteiger partial charge in [-0.1, -0.05) is 35.3 Å². The average Bonchev–Trinajstić information content (AvgIpc) is 2.43. The van der Waals surface area contributed by atoms with Gasteiger partial charge in [-0.05, 0) is 24.3 Å². The predicted octanol–water partition coefficient (Wildman–Crippen LogP) is 3.82. The summed E-state index contributed by atoms with van der Waals surface area (Å²) >= 11 is 11.9. The molecule has 0 amide bonds. The fourth-order valence-corrected chi connectivity index (χ4v) is 2.19. The van der Waals surface area contributed by atoms with Crippen molar-refractivity contribution in [2.24, 2.45) is 0 Å². The number of nitrogen functional groups attached to an aromatic ring is 1. The quantitative estimate of drug-likeness (QED) is 0.692. The highest BCUT2D eigenvalue weighted by Crippen LogP contribution is 2.31. The molecule has 2 N–H and O–H groups in total. The first-order valence-corrected chi connectivity index (χ1v) is 6.22. The molecule has 0 fully saturated rings. The zero-order valence-corrected chi connectivity index (χ0v) is 11.6. The van der Waals surface area contributed by atoms with Gasteiger partial charge in [0.1, 0.15) is 5.75 Å². The number of halogens is 2. The van der Waals surface area contributed by atoms with Crippen LogP contribution < -0.4 is 10.5 Å². The van der Waals surface area contributed by atoms with E-state index in [1.807, 2.05) is 0 Å². The maximum absolute atomic E-state index is 12.4. The monoisotopic (exact) mass is 295 g/mol. The van der Waals surface area contributed by atoms with Crippen molar-refractivity contribution >= 4 is 34.7 Å². The van der Waals surface area contributed by atoms with Crippen LogP contribution in [0.2, 0.25) is 10.0 Å². The summed E-state index contributed by atoms with van der Waals surface area (Å²) in [5, 5.41) is 0.511. The standard InChI is InChI=1S/C14H11Cl2NO2/c1-19-12-5-3-2-4-9(12)14(18)8-6-10(15)13(17)11(16)7-8/h2-7H,17H2,1H3. The molecule has 2 rings (SSSR count). The Bertz CT molecular complexity index is 618. The van der Waals surface area contributed by atoms with Crippen molar-refractivity contribution in [1.29, 1.82) is 0 Å². The van der Waals surface area contributed by atoms with Gasteiger partial charge in [0.25, 0.3) is 0 Å². The van der Waals surface area contributed by atoms with Gasteiger partial charge in [-0.15, -0.1) is 0 Å². The topological polar surface area (TPSA) is 52.3 Å². The maximum atomic E-state index is 12.4. The highest BCUT2D eigenvalue weighted by atomic mass is 35.5. The summed E-state index contributed by atoms with van der Waals surface area (Å²) in [4.78, 5) is 12.4. The Morgan fingerprint density at radius 1 is 1.16 bits per heavy atom. The van der Waals surface area contributed by atoms with E-state index >= 15 is 0 Å². The fourth-order valence-electron chi connectivity index (χ4n) is 1.70. The van der Waals surface area contributed by atoms with Crippen molar-refractivity contribution in [2.75, 3.05) is 12.8 Å². The SMILES string of the molecule is COc1ccccc1C(=O)c1cc(Cl)c(N)c(Cl)c1. The molecule has 5 heteroatoms. The molecule has 0 saturated carbocycles. The van der Waals surface area contributed by atoms with Crippen LogP contribution in [-0.2, 0) is 0 Å². The summed E-state index contributed by atoms with van der Waals surface area (Å²) < 4.78 is 5.16. The van der Waals surface area contributed by atoms with Crippen LogP contribution in [-0.4, -0.2) is 12.9 Å². The largest absolute Gasteiger partial charge is 0.496 e. The van der Waals surface area contributed by atoms with Crippen LogP contribution in [0.5, 0.6) is 5.75 Å². The van der Waals surface area contributed by atoms with E-state index in [0.717, 1.165) is 0 Å². The van der Waals surface area contributed by atoms with Gasteiger partial charge in [-0.25, -0.2) is 0 Å². The summed E-state index contributed by atoms with van der Waals surface area (Å²) in [6.07, 6.45) is 0. The van der Waals surface area contributed by atoms with Crippen LogP contribution in [0.4, 0.5) is 5.69 Å². The first-order valence-electron chi connectivity index (χ1n) is 5.47. The molecule has 0 saturated heterocycles. The number of para-hydroxylation sites is 1. The Morgan fingerprint density at radius 2 is 1.74 bits per heavy atom. The van der Waals surface area contributed by atoms with Crippen LogP contribution in [0, 0.1) is 0 Å². The molecule has 0 heterocycles. The number of ether oxygens (including phenoxy) is 1. The second kappa shape index (κ2) is 5.51. The molecule has 0 aromatic heterocycles. The van der Waals surface area contributed by atoms with E-state index in [0.29, 0.717) is 16.9 Å². The number of hydrogen-bond donors (Lipinski definition) is 1. The van der Waals surface area contributed by atoms with Crippen molar-refractivity contribution in [3.63, 3.8) is 0 Å². The van der Waals surface area contributed by atoms with E-state index in [1.54, 1.807) is 24.3 Å². The van der Waals surface area contributed by atoms with E-state index in [-0.39, 0.29) is 21.5 Å². The van der Waals surface area contributed by atoms with Gasteiger partial charge in [0.15, 0.2) is 5.78 Å². The minimum absolute atomic E-state index is 0.221. The van der Waals surface area contributed by atoms with Gasteiger partial charge in [0, 0.05) is 5.56 Å². The predicted molar refractivity (Wildman–Crippen MR) is 77.3 cm³/mol. The number of benzene rings is 2. The smallest absolute Gasteiger partial charge is 0.196 e. The van der Waals surface area contributed by atoms with Gasteiger partial charge < -0.3 is 10.5 Å². The fraction of sp³-hybridized carbons (Fsp3) is 0.0714. The molecule has 0 bridgehead atoms. The van der Waals surface area contributed by atoms with E-state index in [4.69, 9.17) is 33.7 Å². The third-order valence-corrected chi connectivity index (χ3v) is 3.32. The van der Waals surface area contributed by atoms with Crippen LogP contribution in [0.25, 0.3) is 0 Å². The molecule has 19 heavy (non-hydrogen) atoms. The lowest BCUT2D eigenvalue weighted by Crippen LogP contribution is -2.04. The molecule has 0 aliphatic carbocycles. The van der Waals surface area contributed by atoms with E-state index < -0.39 is 0 Å². The summed E-state index contributed by atoms with van der Waals surface area (Å²) in [5.41, 5.74) is 6.72. The molecule has 0 spiro atoms. The minimum atomic E-state index is -0.221. The van der Waals surface area contributed by atoms with Crippen LogP contribution >= 0.6 is 23.2 Å². The number of carbonyl (C=O) groups excluding carboxylic acids is 1. The number of ketones is 1. The molecule has 2 aromatic rings. The molecule has 98 valence electrons. The summed E-state index contributed by atoms with van der Waals surface area (Å²) in [6, 6.07) is 9.94. The lowest BCUT2D eigenvalue weighted by Gasteiger charge is -2.09. The van der Waals surface area contributed by atoms with Crippen LogP contribution in [0.15, 0.2) is 36.4 Å². The lowest BCUT2D eigenvalue weighted by molar-refractivity contribution is 0.103. The average molecular weight is 296 g/mol. The third kappa shape index (κ3) is 2.67. The van der Waals surface area contributed by atoms with Gasteiger partial charge in [-0.2, -0.15) is 0 Å². The zero-order valence-electron chi connectivity index (χ0n) is 10.1. The normalized spacial score (nSPS) is 10.3. The Labute approximate surface area is 120 Å². The van der Waals surface area contributed by atoms with Crippen molar-refractivity contribution in [3.8, 4) is 5.75 Å². The highest BCUT2D eigenvalue weighted by molar-refractivity contribution is 6.39. The second-order valence-corrected chi connectivity index (χ2v) is 4.70. The molecule has 0 aliphatic rings. The van der Waals surface area contributed by atoms with Crippen molar-refractivity contribution in [3.05, 3.63) is 57.6 Å². The molecular formula is C14H11Cl2NO2. The first kappa shape index (κ1) is 13.7.